The molecule has 1 aromatic carbocycles. The molecule has 0 N–H and O–H groups in total. The Morgan fingerprint density at radius 3 is 2.53 bits per heavy atom. The Hall–Kier alpha value is -1.84. The molecule has 1 heterocycles. The summed E-state index contributed by atoms with van der Waals surface area (Å²) in [6.07, 6.45) is 1.37. The number of amides is 1. The van der Waals surface area contributed by atoms with Crippen LogP contribution in [0.4, 0.5) is 0 Å². The van der Waals surface area contributed by atoms with Crippen LogP contribution >= 0.6 is 0 Å². The van der Waals surface area contributed by atoms with Gasteiger partial charge in [-0.05, 0) is 37.5 Å². The van der Waals surface area contributed by atoms with E-state index < -0.39 is 0 Å². The quantitative estimate of drug-likeness (QED) is 0.605. The highest BCUT2D eigenvalue weighted by atomic mass is 16.5. The third-order valence-corrected chi connectivity index (χ3v) is 3.48. The van der Waals surface area contributed by atoms with Gasteiger partial charge in [-0.1, -0.05) is 12.1 Å². The maximum Gasteiger partial charge on any atom is 0.314 e. The Bertz CT molecular complexity index is 476. The number of carbonyl (C=O) groups excluding carboxylic acids is 2. The van der Waals surface area contributed by atoms with Crippen molar-refractivity contribution >= 4 is 11.9 Å². The van der Waals surface area contributed by atoms with Gasteiger partial charge < -0.3 is 9.64 Å². The Labute approximate surface area is 113 Å². The van der Waals surface area contributed by atoms with Crippen LogP contribution in [0.25, 0.3) is 0 Å². The molecule has 19 heavy (non-hydrogen) atoms. The molecule has 1 aliphatic heterocycles. The van der Waals surface area contributed by atoms with Gasteiger partial charge in [0.1, 0.15) is 5.75 Å². The summed E-state index contributed by atoms with van der Waals surface area (Å²) in [5, 5.41) is 0. The second kappa shape index (κ2) is 5.87. The monoisotopic (exact) mass is 261 g/mol. The van der Waals surface area contributed by atoms with Gasteiger partial charge in [0.2, 0.25) is 5.91 Å². The number of likely N-dealkylation sites (tertiary alicyclic amines) is 1. The first-order valence-electron chi connectivity index (χ1n) is 6.60. The fourth-order valence-corrected chi connectivity index (χ4v) is 2.31. The molecule has 0 spiro atoms. The average molecular weight is 261 g/mol. The van der Waals surface area contributed by atoms with Crippen molar-refractivity contribution in [3.63, 3.8) is 0 Å². The van der Waals surface area contributed by atoms with Gasteiger partial charge in [-0.2, -0.15) is 0 Å². The van der Waals surface area contributed by atoms with Crippen LogP contribution < -0.4 is 4.74 Å². The number of esters is 1. The van der Waals surface area contributed by atoms with Gasteiger partial charge in [0.15, 0.2) is 0 Å². The molecule has 0 saturated carbocycles. The summed E-state index contributed by atoms with van der Waals surface area (Å²) < 4.78 is 5.39. The first-order chi connectivity index (χ1) is 9.06. The van der Waals surface area contributed by atoms with Crippen molar-refractivity contribution < 1.29 is 14.3 Å². The van der Waals surface area contributed by atoms with E-state index in [9.17, 15) is 9.59 Å². The minimum Gasteiger partial charge on any atom is -0.426 e. The fourth-order valence-electron chi connectivity index (χ4n) is 2.31. The van der Waals surface area contributed by atoms with E-state index in [1.807, 2.05) is 25.1 Å². The molecule has 4 nitrogen and oxygen atoms in total. The lowest BCUT2D eigenvalue weighted by atomic mass is 9.97. The minimum atomic E-state index is -0.186. The normalized spacial score (nSPS) is 16.2. The summed E-state index contributed by atoms with van der Waals surface area (Å²) in [4.78, 5) is 25.0. The molecule has 0 radical (unpaired) electrons. The van der Waals surface area contributed by atoms with Gasteiger partial charge in [-0.15, -0.1) is 0 Å². The third-order valence-electron chi connectivity index (χ3n) is 3.48. The summed E-state index contributed by atoms with van der Waals surface area (Å²) in [5.74, 6) is 0.384. The second-order valence-corrected chi connectivity index (χ2v) is 5.02. The highest BCUT2D eigenvalue weighted by Gasteiger charge is 2.27. The molecule has 1 aliphatic rings. The molecule has 1 saturated heterocycles. The van der Waals surface area contributed by atoms with E-state index in [4.69, 9.17) is 4.74 Å². The number of piperidine rings is 1. The van der Waals surface area contributed by atoms with Gasteiger partial charge >= 0.3 is 5.97 Å². The highest BCUT2D eigenvalue weighted by Crippen LogP contribution is 2.21. The fraction of sp³-hybridized carbons (Fsp3) is 0.467. The number of aryl methyl sites for hydroxylation is 1. The Morgan fingerprint density at radius 1 is 1.26 bits per heavy atom. The summed E-state index contributed by atoms with van der Waals surface area (Å²) in [7, 11) is 0. The van der Waals surface area contributed by atoms with Crippen molar-refractivity contribution in [3.05, 3.63) is 29.8 Å². The zero-order valence-electron chi connectivity index (χ0n) is 11.4. The summed E-state index contributed by atoms with van der Waals surface area (Å²) in [5.41, 5.74) is 1.07. The van der Waals surface area contributed by atoms with E-state index in [0.717, 1.165) is 5.56 Å². The maximum atomic E-state index is 12.0. The molecule has 0 aromatic heterocycles. The molecule has 1 amide bonds. The summed E-state index contributed by atoms with van der Waals surface area (Å²) in [6.45, 7) is 4.81. The summed E-state index contributed by atoms with van der Waals surface area (Å²) >= 11 is 0. The molecule has 0 atom stereocenters. The number of hydrogen-bond acceptors (Lipinski definition) is 3. The maximum absolute atomic E-state index is 12.0. The third kappa shape index (κ3) is 3.56. The molecule has 0 unspecified atom stereocenters. The topological polar surface area (TPSA) is 46.6 Å². The van der Waals surface area contributed by atoms with E-state index in [-0.39, 0.29) is 17.8 Å². The lowest BCUT2D eigenvalue weighted by molar-refractivity contribution is -0.142. The number of hydrogen-bond donors (Lipinski definition) is 0. The largest absolute Gasteiger partial charge is 0.426 e. The zero-order valence-corrected chi connectivity index (χ0v) is 11.4. The minimum absolute atomic E-state index is 0.0745. The van der Waals surface area contributed by atoms with Gasteiger partial charge in [-0.3, -0.25) is 9.59 Å². The van der Waals surface area contributed by atoms with Crippen molar-refractivity contribution in [2.24, 2.45) is 5.92 Å². The first-order valence-corrected chi connectivity index (χ1v) is 6.60. The molecule has 2 rings (SSSR count). The molecule has 4 heteroatoms. The van der Waals surface area contributed by atoms with Crippen LogP contribution in [0.1, 0.15) is 25.3 Å². The second-order valence-electron chi connectivity index (χ2n) is 5.02. The van der Waals surface area contributed by atoms with E-state index in [0.29, 0.717) is 31.7 Å². The van der Waals surface area contributed by atoms with Crippen LogP contribution in [0.3, 0.4) is 0 Å². The SMILES string of the molecule is CC(=O)N1CCC(C(=O)Oc2cccc(C)c2)CC1. The lowest BCUT2D eigenvalue weighted by Crippen LogP contribution is -2.40. The van der Waals surface area contributed by atoms with Crippen LogP contribution in [0, 0.1) is 12.8 Å². The molecule has 0 bridgehead atoms. The van der Waals surface area contributed by atoms with Gasteiger partial charge in [0.25, 0.3) is 0 Å². The molecular weight excluding hydrogens is 242 g/mol. The van der Waals surface area contributed by atoms with Gasteiger partial charge in [-0.25, -0.2) is 0 Å². The van der Waals surface area contributed by atoms with Crippen molar-refractivity contribution in [1.82, 2.24) is 4.90 Å². The number of carbonyl (C=O) groups is 2. The van der Waals surface area contributed by atoms with Crippen molar-refractivity contribution in [3.8, 4) is 5.75 Å². The summed E-state index contributed by atoms with van der Waals surface area (Å²) in [6, 6.07) is 7.47. The van der Waals surface area contributed by atoms with Gasteiger partial charge in [0, 0.05) is 20.0 Å². The number of benzene rings is 1. The highest BCUT2D eigenvalue weighted by molar-refractivity contribution is 5.76. The van der Waals surface area contributed by atoms with Crippen LogP contribution in [0.15, 0.2) is 24.3 Å². The number of ether oxygens (including phenoxy) is 1. The number of rotatable bonds is 2. The molecule has 0 aliphatic carbocycles. The van der Waals surface area contributed by atoms with Crippen LogP contribution in [-0.4, -0.2) is 29.9 Å². The van der Waals surface area contributed by atoms with Crippen molar-refractivity contribution in [2.75, 3.05) is 13.1 Å². The van der Waals surface area contributed by atoms with Gasteiger partial charge in [0.05, 0.1) is 5.92 Å². The van der Waals surface area contributed by atoms with E-state index in [1.165, 1.54) is 0 Å². The average Bonchev–Trinajstić information content (AvgIpc) is 2.39. The first kappa shape index (κ1) is 13.6. The van der Waals surface area contributed by atoms with Crippen LogP contribution in [0.2, 0.25) is 0 Å². The smallest absolute Gasteiger partial charge is 0.314 e. The van der Waals surface area contributed by atoms with E-state index >= 15 is 0 Å². The Morgan fingerprint density at radius 2 is 1.95 bits per heavy atom. The van der Waals surface area contributed by atoms with Crippen LogP contribution in [-0.2, 0) is 9.59 Å². The molecule has 1 fully saturated rings. The molecular formula is C15H19NO3. The van der Waals surface area contributed by atoms with E-state index in [1.54, 1.807) is 17.9 Å². The predicted octanol–water partition coefficient (Wildman–Crippen LogP) is 2.16. The molecule has 1 aromatic rings. The Balaban J connectivity index is 1.90. The van der Waals surface area contributed by atoms with E-state index in [2.05, 4.69) is 0 Å². The Kier molecular flexibility index (Phi) is 4.20. The number of nitrogens with zero attached hydrogens (tertiary/aromatic N) is 1. The van der Waals surface area contributed by atoms with Crippen molar-refractivity contribution in [1.29, 1.82) is 0 Å². The predicted molar refractivity (Wildman–Crippen MR) is 71.8 cm³/mol. The zero-order chi connectivity index (χ0) is 13.8. The molecule has 102 valence electrons. The standard InChI is InChI=1S/C15H19NO3/c1-11-4-3-5-14(10-11)19-15(18)13-6-8-16(9-7-13)12(2)17/h3-5,10,13H,6-9H2,1-2H3. The van der Waals surface area contributed by atoms with Crippen molar-refractivity contribution in [2.45, 2.75) is 26.7 Å². The lowest BCUT2D eigenvalue weighted by Gasteiger charge is -2.29. The van der Waals surface area contributed by atoms with Crippen LogP contribution in [0.5, 0.6) is 5.75 Å².